The third-order valence-electron chi connectivity index (χ3n) is 4.99. The summed E-state index contributed by atoms with van der Waals surface area (Å²) in [6, 6.07) is -0.676. The summed E-state index contributed by atoms with van der Waals surface area (Å²) in [5.74, 6) is -0.848. The monoisotopic (exact) mass is 399 g/mol. The van der Waals surface area contributed by atoms with Crippen molar-refractivity contribution < 1.29 is 19.1 Å². The normalized spacial score (nSPS) is 19.7. The molecule has 1 aliphatic rings. The Bertz CT molecular complexity index is 506. The van der Waals surface area contributed by atoms with E-state index < -0.39 is 22.8 Å². The van der Waals surface area contributed by atoms with Crippen LogP contribution in [0.15, 0.2) is 0 Å². The second-order valence-corrected chi connectivity index (χ2v) is 9.55. The van der Waals surface area contributed by atoms with Crippen molar-refractivity contribution >= 4 is 29.4 Å². The third-order valence-corrected chi connectivity index (χ3v) is 6.37. The molecule has 1 rings (SSSR count). The van der Waals surface area contributed by atoms with Gasteiger partial charge >= 0.3 is 5.97 Å². The van der Waals surface area contributed by atoms with Crippen LogP contribution in [-0.2, 0) is 19.1 Å². The Kier molecular flexibility index (Phi) is 10.4. The van der Waals surface area contributed by atoms with Crippen molar-refractivity contribution in [3.05, 3.63) is 0 Å². The molecule has 2 atom stereocenters. The molecule has 0 radical (unpaired) electrons. The molecule has 0 aliphatic carbocycles. The van der Waals surface area contributed by atoms with Crippen molar-refractivity contribution in [2.75, 3.05) is 5.75 Å². The highest BCUT2D eigenvalue weighted by Crippen LogP contribution is 2.39. The first-order valence-corrected chi connectivity index (χ1v) is 11.4. The Morgan fingerprint density at radius 1 is 1.07 bits per heavy atom. The first-order valence-electron chi connectivity index (χ1n) is 10.5. The Morgan fingerprint density at radius 3 is 2.33 bits per heavy atom. The number of Topliss-reactive ketones (excluding diaryl/α,β-unsaturated/α-hetero) is 1. The molecule has 0 saturated carbocycles. The van der Waals surface area contributed by atoms with Crippen LogP contribution in [0.5, 0.6) is 0 Å². The Balaban J connectivity index is 2.63. The number of rotatable bonds is 12. The van der Waals surface area contributed by atoms with Gasteiger partial charge in [-0.2, -0.15) is 0 Å². The zero-order valence-electron chi connectivity index (χ0n) is 17.7. The molecular formula is C21H37NO4S. The molecule has 6 heteroatoms. The molecule has 0 aromatic heterocycles. The average molecular weight is 400 g/mol. The molecule has 1 aliphatic heterocycles. The third kappa shape index (κ3) is 7.47. The van der Waals surface area contributed by atoms with Gasteiger partial charge < -0.3 is 9.64 Å². The maximum Gasteiger partial charge on any atom is 0.330 e. The minimum Gasteiger partial charge on any atom is -0.461 e. The van der Waals surface area contributed by atoms with Crippen molar-refractivity contribution in [3.8, 4) is 0 Å². The summed E-state index contributed by atoms with van der Waals surface area (Å²) in [6.45, 7) is 9.84. The molecule has 1 heterocycles. The zero-order valence-corrected chi connectivity index (χ0v) is 18.5. The molecule has 0 N–H and O–H groups in total. The molecule has 0 aromatic rings. The number of amides is 1. The summed E-state index contributed by atoms with van der Waals surface area (Å²) in [5.41, 5.74) is 0. The van der Waals surface area contributed by atoms with Gasteiger partial charge in [0.15, 0.2) is 0 Å². The second kappa shape index (κ2) is 11.7. The summed E-state index contributed by atoms with van der Waals surface area (Å²) in [7, 11) is 0. The predicted molar refractivity (Wildman–Crippen MR) is 111 cm³/mol. The van der Waals surface area contributed by atoms with E-state index in [1.807, 2.05) is 27.7 Å². The van der Waals surface area contributed by atoms with Crippen LogP contribution in [0, 0.1) is 0 Å². The van der Waals surface area contributed by atoms with Crippen LogP contribution in [0.4, 0.5) is 0 Å². The van der Waals surface area contributed by atoms with Crippen molar-refractivity contribution in [3.63, 3.8) is 0 Å². The van der Waals surface area contributed by atoms with Crippen LogP contribution < -0.4 is 0 Å². The Labute approximate surface area is 169 Å². The lowest BCUT2D eigenvalue weighted by molar-refractivity contribution is -0.161. The first kappa shape index (κ1) is 24.0. The van der Waals surface area contributed by atoms with E-state index in [1.165, 1.54) is 35.9 Å². The highest BCUT2D eigenvalue weighted by molar-refractivity contribution is 8.00. The lowest BCUT2D eigenvalue weighted by Gasteiger charge is -2.33. The molecule has 0 bridgehead atoms. The van der Waals surface area contributed by atoms with Gasteiger partial charge in [0.2, 0.25) is 5.78 Å². The van der Waals surface area contributed by atoms with Gasteiger partial charge in [-0.05, 0) is 33.6 Å². The number of hydrogen-bond donors (Lipinski definition) is 0. The second-order valence-electron chi connectivity index (χ2n) is 7.93. The molecule has 0 spiro atoms. The quantitative estimate of drug-likeness (QED) is 0.270. The molecule has 1 amide bonds. The number of unbranched alkanes of at least 4 members (excludes halogenated alkanes) is 5. The molecule has 1 fully saturated rings. The zero-order chi connectivity index (χ0) is 20.4. The van der Waals surface area contributed by atoms with Gasteiger partial charge in [0.1, 0.15) is 6.04 Å². The maximum atomic E-state index is 12.8. The maximum absolute atomic E-state index is 12.8. The number of hydrogen-bond acceptors (Lipinski definition) is 5. The minimum absolute atomic E-state index is 0.174. The van der Waals surface area contributed by atoms with Crippen LogP contribution in [0.2, 0.25) is 0 Å². The highest BCUT2D eigenvalue weighted by Gasteiger charge is 2.48. The molecule has 1 saturated heterocycles. The van der Waals surface area contributed by atoms with Gasteiger partial charge in [0.25, 0.3) is 5.91 Å². The summed E-state index contributed by atoms with van der Waals surface area (Å²) in [6.07, 6.45) is 8.19. The molecule has 0 aromatic carbocycles. The van der Waals surface area contributed by atoms with E-state index in [0.717, 1.165) is 32.1 Å². The van der Waals surface area contributed by atoms with E-state index in [9.17, 15) is 14.4 Å². The fraction of sp³-hybridized carbons (Fsp3) is 0.857. The number of ketones is 1. The number of nitrogens with zero attached hydrogens (tertiary/aromatic N) is 1. The van der Waals surface area contributed by atoms with Crippen molar-refractivity contribution in [1.82, 2.24) is 4.90 Å². The van der Waals surface area contributed by atoms with E-state index in [4.69, 9.17) is 4.74 Å². The summed E-state index contributed by atoms with van der Waals surface area (Å²) in [4.78, 5) is 38.7. The fourth-order valence-electron chi connectivity index (χ4n) is 3.41. The van der Waals surface area contributed by atoms with E-state index >= 15 is 0 Å². The van der Waals surface area contributed by atoms with Gasteiger partial charge in [-0.1, -0.05) is 52.4 Å². The standard InChI is InChI=1S/C21H37NO4S/c1-6-8-9-10-11-12-14-18(23)19(24)22-17(15-27-21(22,4)5)20(25)26-16(3)13-7-2/h16-17H,6-15H2,1-5H3/t16?,17-/m0/s1. The number of carbonyl (C=O) groups is 3. The summed E-state index contributed by atoms with van der Waals surface area (Å²) >= 11 is 1.52. The SMILES string of the molecule is CCCCCCCCC(=O)C(=O)N1[C@H](C(=O)OC(C)CCC)CSC1(C)C. The number of esters is 1. The van der Waals surface area contributed by atoms with Crippen molar-refractivity contribution in [1.29, 1.82) is 0 Å². The topological polar surface area (TPSA) is 63.7 Å². The lowest BCUT2D eigenvalue weighted by Crippen LogP contribution is -2.53. The summed E-state index contributed by atoms with van der Waals surface area (Å²) in [5, 5.41) is 0. The Morgan fingerprint density at radius 2 is 1.70 bits per heavy atom. The number of ether oxygens (including phenoxy) is 1. The molecular weight excluding hydrogens is 362 g/mol. The lowest BCUT2D eigenvalue weighted by atomic mass is 10.1. The van der Waals surface area contributed by atoms with Crippen LogP contribution in [0.1, 0.15) is 92.4 Å². The van der Waals surface area contributed by atoms with Crippen LogP contribution in [0.25, 0.3) is 0 Å². The smallest absolute Gasteiger partial charge is 0.330 e. The number of thioether (sulfide) groups is 1. The minimum atomic E-state index is -0.676. The highest BCUT2D eigenvalue weighted by atomic mass is 32.2. The molecule has 27 heavy (non-hydrogen) atoms. The largest absolute Gasteiger partial charge is 0.461 e. The van der Waals surface area contributed by atoms with E-state index in [0.29, 0.717) is 5.75 Å². The van der Waals surface area contributed by atoms with Crippen LogP contribution >= 0.6 is 11.8 Å². The molecule has 156 valence electrons. The van der Waals surface area contributed by atoms with Gasteiger partial charge in [0, 0.05) is 12.2 Å². The average Bonchev–Trinajstić information content (AvgIpc) is 2.92. The predicted octanol–water partition coefficient (Wildman–Crippen LogP) is 4.72. The first-order chi connectivity index (χ1) is 12.7. The van der Waals surface area contributed by atoms with Gasteiger partial charge in [-0.25, -0.2) is 4.79 Å². The van der Waals surface area contributed by atoms with Crippen molar-refractivity contribution in [2.24, 2.45) is 0 Å². The number of carbonyl (C=O) groups excluding carboxylic acids is 3. The molecule has 1 unspecified atom stereocenters. The van der Waals surface area contributed by atoms with E-state index in [-0.39, 0.29) is 18.3 Å². The fourth-order valence-corrected chi connectivity index (χ4v) is 4.61. The van der Waals surface area contributed by atoms with Crippen LogP contribution in [0.3, 0.4) is 0 Å². The van der Waals surface area contributed by atoms with E-state index in [2.05, 4.69) is 6.92 Å². The van der Waals surface area contributed by atoms with E-state index in [1.54, 1.807) is 0 Å². The van der Waals surface area contributed by atoms with Gasteiger partial charge in [-0.15, -0.1) is 11.8 Å². The van der Waals surface area contributed by atoms with Gasteiger partial charge in [-0.3, -0.25) is 9.59 Å². The Hall–Kier alpha value is -1.04. The summed E-state index contributed by atoms with van der Waals surface area (Å²) < 4.78 is 5.51. The molecule has 5 nitrogen and oxygen atoms in total. The van der Waals surface area contributed by atoms with Crippen LogP contribution in [-0.4, -0.2) is 45.3 Å². The van der Waals surface area contributed by atoms with Crippen molar-refractivity contribution in [2.45, 2.75) is 109 Å². The van der Waals surface area contributed by atoms with Gasteiger partial charge in [0.05, 0.1) is 11.0 Å².